The number of hydrogen-bond donors (Lipinski definition) is 2. The summed E-state index contributed by atoms with van der Waals surface area (Å²) in [4.78, 5) is 30.1. The monoisotopic (exact) mass is 382 g/mol. The number of amides is 2. The van der Waals surface area contributed by atoms with Crippen LogP contribution in [0, 0.1) is 5.92 Å². The van der Waals surface area contributed by atoms with E-state index in [-0.39, 0.29) is 36.9 Å². The second-order valence-electron chi connectivity index (χ2n) is 6.94. The molecule has 3 N–H and O–H groups in total. The van der Waals surface area contributed by atoms with Gasteiger partial charge in [-0.1, -0.05) is 36.4 Å². The molecule has 1 aromatic heterocycles. The number of ether oxygens (including phenoxy) is 1. The molecule has 0 radical (unpaired) electrons. The molecule has 148 valence electrons. The van der Waals surface area contributed by atoms with Crippen molar-refractivity contribution in [3.05, 3.63) is 66.0 Å². The number of rotatable bonds is 8. The average Bonchev–Trinajstić information content (AvgIpc) is 3.18. The summed E-state index contributed by atoms with van der Waals surface area (Å²) in [6, 6.07) is 13.8. The van der Waals surface area contributed by atoms with E-state index in [9.17, 15) is 9.59 Å². The Morgan fingerprint density at radius 2 is 1.96 bits per heavy atom. The zero-order valence-corrected chi connectivity index (χ0v) is 15.8. The molecular weight excluding hydrogens is 356 g/mol. The zero-order chi connectivity index (χ0) is 19.8. The van der Waals surface area contributed by atoms with Gasteiger partial charge in [0.05, 0.1) is 0 Å². The third-order valence-corrected chi connectivity index (χ3v) is 5.00. The summed E-state index contributed by atoms with van der Waals surface area (Å²) in [5, 5.41) is 2.74. The van der Waals surface area contributed by atoms with E-state index in [1.54, 1.807) is 17.3 Å². The number of nitrogens with one attached hydrogen (secondary N) is 1. The number of hydrogen-bond acceptors (Lipinski definition) is 5. The van der Waals surface area contributed by atoms with Crippen LogP contribution < -0.4 is 11.1 Å². The second-order valence-corrected chi connectivity index (χ2v) is 6.94. The fourth-order valence-corrected chi connectivity index (χ4v) is 3.47. The fourth-order valence-electron chi connectivity index (χ4n) is 3.47. The Morgan fingerprint density at radius 1 is 1.14 bits per heavy atom. The van der Waals surface area contributed by atoms with Crippen LogP contribution in [0.15, 0.2) is 54.9 Å². The Kier molecular flexibility index (Phi) is 7.11. The highest BCUT2D eigenvalue weighted by Gasteiger charge is 2.35. The van der Waals surface area contributed by atoms with Gasteiger partial charge in [0.15, 0.2) is 0 Å². The summed E-state index contributed by atoms with van der Waals surface area (Å²) >= 11 is 0. The van der Waals surface area contributed by atoms with E-state index in [0.29, 0.717) is 26.2 Å². The topological polar surface area (TPSA) is 97.5 Å². The summed E-state index contributed by atoms with van der Waals surface area (Å²) in [5.41, 5.74) is 8.02. The minimum absolute atomic E-state index is 0.112. The maximum absolute atomic E-state index is 12.5. The number of carbonyl (C=O) groups is 2. The minimum atomic E-state index is -0.264. The smallest absolute Gasteiger partial charge is 0.248 e. The van der Waals surface area contributed by atoms with Crippen LogP contribution in [0.1, 0.15) is 17.0 Å². The molecule has 1 saturated heterocycles. The summed E-state index contributed by atoms with van der Waals surface area (Å²) in [6.45, 7) is 1.89. The second kappa shape index (κ2) is 9.96. The molecule has 1 fully saturated rings. The Labute approximate surface area is 164 Å². The van der Waals surface area contributed by atoms with Crippen molar-refractivity contribution in [1.29, 1.82) is 0 Å². The van der Waals surface area contributed by atoms with Gasteiger partial charge >= 0.3 is 0 Å². The van der Waals surface area contributed by atoms with Crippen LogP contribution in [0.4, 0.5) is 0 Å². The van der Waals surface area contributed by atoms with Crippen LogP contribution >= 0.6 is 0 Å². The predicted molar refractivity (Wildman–Crippen MR) is 105 cm³/mol. The third-order valence-electron chi connectivity index (χ3n) is 5.00. The molecule has 1 aliphatic heterocycles. The van der Waals surface area contributed by atoms with Gasteiger partial charge < -0.3 is 20.7 Å². The molecule has 0 aliphatic carbocycles. The molecule has 0 saturated carbocycles. The van der Waals surface area contributed by atoms with E-state index >= 15 is 0 Å². The summed E-state index contributed by atoms with van der Waals surface area (Å²) in [5.74, 6) is 0.0871. The van der Waals surface area contributed by atoms with Crippen molar-refractivity contribution in [2.45, 2.75) is 12.5 Å². The van der Waals surface area contributed by atoms with Gasteiger partial charge in [-0.3, -0.25) is 14.6 Å². The summed E-state index contributed by atoms with van der Waals surface area (Å²) in [6.07, 6.45) is 3.37. The minimum Gasteiger partial charge on any atom is -0.362 e. The van der Waals surface area contributed by atoms with Gasteiger partial charge in [-0.15, -0.1) is 0 Å². The van der Waals surface area contributed by atoms with Crippen LogP contribution in [0.2, 0.25) is 0 Å². The maximum Gasteiger partial charge on any atom is 0.248 e. The Balaban J connectivity index is 1.41. The van der Waals surface area contributed by atoms with Crippen LogP contribution in [0.3, 0.4) is 0 Å². The number of likely N-dealkylation sites (tertiary alicyclic amines) is 1. The highest BCUT2D eigenvalue weighted by atomic mass is 16.5. The molecule has 3 rings (SSSR count). The lowest BCUT2D eigenvalue weighted by molar-refractivity contribution is -0.137. The molecule has 2 atom stereocenters. The standard InChI is InChI=1S/C21H26N4O3/c22-9-18-12-25(13-19(18)17-6-2-1-3-7-17)21(27)15-28-14-20(26)24-11-16-5-4-8-23-10-16/h1-8,10,18-19H,9,11-15,22H2,(H,24,26)/t18-,19+/m1/s1. The van der Waals surface area contributed by atoms with Crippen LogP contribution in [0.5, 0.6) is 0 Å². The Bertz CT molecular complexity index is 770. The average molecular weight is 382 g/mol. The van der Waals surface area contributed by atoms with E-state index in [1.807, 2.05) is 30.3 Å². The van der Waals surface area contributed by atoms with Crippen LogP contribution in [-0.2, 0) is 20.9 Å². The molecule has 1 aromatic carbocycles. The molecule has 28 heavy (non-hydrogen) atoms. The van der Waals surface area contributed by atoms with Gasteiger partial charge in [0, 0.05) is 37.9 Å². The van der Waals surface area contributed by atoms with E-state index in [1.165, 1.54) is 5.56 Å². The van der Waals surface area contributed by atoms with Gasteiger partial charge in [0.1, 0.15) is 13.2 Å². The fraction of sp³-hybridized carbons (Fsp3) is 0.381. The lowest BCUT2D eigenvalue weighted by atomic mass is 9.89. The molecule has 2 heterocycles. The van der Waals surface area contributed by atoms with Crippen molar-refractivity contribution in [2.24, 2.45) is 11.7 Å². The van der Waals surface area contributed by atoms with Gasteiger partial charge in [-0.2, -0.15) is 0 Å². The first kappa shape index (κ1) is 20.0. The van der Waals surface area contributed by atoms with Gasteiger partial charge in [-0.05, 0) is 29.7 Å². The lowest BCUT2D eigenvalue weighted by Gasteiger charge is -2.17. The highest BCUT2D eigenvalue weighted by molar-refractivity contribution is 5.80. The first-order valence-electron chi connectivity index (χ1n) is 9.43. The predicted octanol–water partition coefficient (Wildman–Crippen LogP) is 0.915. The number of benzene rings is 1. The van der Waals surface area contributed by atoms with Crippen LogP contribution in [0.25, 0.3) is 0 Å². The van der Waals surface area contributed by atoms with Crippen molar-refractivity contribution in [2.75, 3.05) is 32.8 Å². The van der Waals surface area contributed by atoms with E-state index in [4.69, 9.17) is 10.5 Å². The number of pyridine rings is 1. The quantitative estimate of drug-likeness (QED) is 0.707. The SMILES string of the molecule is NC[C@@H]1CN(C(=O)COCC(=O)NCc2cccnc2)C[C@H]1c1ccccc1. The number of nitrogens with zero attached hydrogens (tertiary/aromatic N) is 2. The van der Waals surface area contributed by atoms with Gasteiger partial charge in [0.2, 0.25) is 11.8 Å². The van der Waals surface area contributed by atoms with Gasteiger partial charge in [0.25, 0.3) is 0 Å². The molecule has 0 unspecified atom stereocenters. The molecule has 1 aliphatic rings. The largest absolute Gasteiger partial charge is 0.362 e. The van der Waals surface area contributed by atoms with E-state index in [2.05, 4.69) is 22.4 Å². The number of aromatic nitrogens is 1. The maximum atomic E-state index is 12.5. The lowest BCUT2D eigenvalue weighted by Crippen LogP contribution is -2.34. The van der Waals surface area contributed by atoms with Crippen molar-refractivity contribution in [3.63, 3.8) is 0 Å². The van der Waals surface area contributed by atoms with Crippen LogP contribution in [-0.4, -0.2) is 54.5 Å². The molecule has 7 heteroatoms. The number of nitrogens with two attached hydrogens (primary N) is 1. The zero-order valence-electron chi connectivity index (χ0n) is 15.8. The Morgan fingerprint density at radius 3 is 2.68 bits per heavy atom. The molecule has 7 nitrogen and oxygen atoms in total. The Hall–Kier alpha value is -2.77. The van der Waals surface area contributed by atoms with Crippen molar-refractivity contribution in [3.8, 4) is 0 Å². The third kappa shape index (κ3) is 5.37. The van der Waals surface area contributed by atoms with Crippen molar-refractivity contribution in [1.82, 2.24) is 15.2 Å². The van der Waals surface area contributed by atoms with Crippen molar-refractivity contribution < 1.29 is 14.3 Å². The molecule has 0 bridgehead atoms. The summed E-state index contributed by atoms with van der Waals surface area (Å²) < 4.78 is 5.32. The molecule has 2 amide bonds. The van der Waals surface area contributed by atoms with E-state index < -0.39 is 0 Å². The first-order chi connectivity index (χ1) is 13.7. The molecular formula is C21H26N4O3. The van der Waals surface area contributed by atoms with Crippen molar-refractivity contribution >= 4 is 11.8 Å². The molecule has 0 spiro atoms. The molecule has 2 aromatic rings. The highest BCUT2D eigenvalue weighted by Crippen LogP contribution is 2.31. The normalized spacial score (nSPS) is 18.8. The first-order valence-corrected chi connectivity index (χ1v) is 9.43. The summed E-state index contributed by atoms with van der Waals surface area (Å²) in [7, 11) is 0. The number of carbonyl (C=O) groups excluding carboxylic acids is 2. The van der Waals surface area contributed by atoms with Gasteiger partial charge in [-0.25, -0.2) is 0 Å². The van der Waals surface area contributed by atoms with E-state index in [0.717, 1.165) is 5.56 Å².